The van der Waals surface area contributed by atoms with Gasteiger partial charge in [-0.15, -0.1) is 0 Å². The lowest BCUT2D eigenvalue weighted by Crippen LogP contribution is -2.15. The van der Waals surface area contributed by atoms with Gasteiger partial charge in [0.15, 0.2) is 0 Å². The lowest BCUT2D eigenvalue weighted by Gasteiger charge is -2.19. The average Bonchev–Trinajstić information content (AvgIpc) is 2.92. The molecule has 1 saturated carbocycles. The van der Waals surface area contributed by atoms with Gasteiger partial charge in [0.1, 0.15) is 0 Å². The molecule has 0 bridgehead atoms. The summed E-state index contributed by atoms with van der Waals surface area (Å²) >= 11 is 3.41. The van der Waals surface area contributed by atoms with E-state index >= 15 is 0 Å². The molecule has 2 unspecified atom stereocenters. The molecule has 1 N–H and O–H groups in total. The zero-order valence-corrected chi connectivity index (χ0v) is 10.0. The Morgan fingerprint density at radius 1 is 1.64 bits per heavy atom. The third-order valence-electron chi connectivity index (χ3n) is 3.08. The van der Waals surface area contributed by atoms with Crippen molar-refractivity contribution in [1.82, 2.24) is 9.78 Å². The Hall–Kier alpha value is -0.350. The van der Waals surface area contributed by atoms with Gasteiger partial charge in [0.2, 0.25) is 0 Å². The molecular weight excluding hydrogens is 244 g/mol. The van der Waals surface area contributed by atoms with E-state index in [1.54, 1.807) is 10.9 Å². The van der Waals surface area contributed by atoms with Crippen molar-refractivity contribution >= 4 is 15.9 Å². The summed E-state index contributed by atoms with van der Waals surface area (Å²) in [7, 11) is 1.86. The number of aromatic nitrogens is 2. The van der Waals surface area contributed by atoms with Crippen molar-refractivity contribution in [1.29, 1.82) is 0 Å². The van der Waals surface area contributed by atoms with Crippen molar-refractivity contribution in [2.24, 2.45) is 18.9 Å². The maximum atomic E-state index is 10.2. The molecule has 1 fully saturated rings. The molecule has 4 heteroatoms. The highest BCUT2D eigenvalue weighted by Gasteiger charge is 2.34. The maximum Gasteiger partial charge on any atom is 0.0996 e. The second-order valence-corrected chi connectivity index (χ2v) is 5.00. The molecule has 0 radical (unpaired) electrons. The molecule has 3 nitrogen and oxygen atoms in total. The van der Waals surface area contributed by atoms with Gasteiger partial charge in [-0.05, 0) is 40.6 Å². The van der Waals surface area contributed by atoms with Gasteiger partial charge < -0.3 is 5.11 Å². The number of hydrogen-bond donors (Lipinski definition) is 1. The molecule has 0 amide bonds. The van der Waals surface area contributed by atoms with E-state index in [1.807, 2.05) is 7.05 Å². The third-order valence-corrected chi connectivity index (χ3v) is 3.69. The van der Waals surface area contributed by atoms with Gasteiger partial charge >= 0.3 is 0 Å². The molecular formula is C10H15BrN2O. The number of aliphatic hydroxyl groups is 1. The lowest BCUT2D eigenvalue weighted by atomic mass is 9.97. The van der Waals surface area contributed by atoms with Crippen LogP contribution < -0.4 is 0 Å². The molecule has 0 aromatic carbocycles. The van der Waals surface area contributed by atoms with Gasteiger partial charge in [-0.2, -0.15) is 5.10 Å². The van der Waals surface area contributed by atoms with E-state index in [4.69, 9.17) is 0 Å². The molecule has 2 atom stereocenters. The standard InChI is InChI=1S/C10H15BrN2O/c1-6(7-3-4-7)10(14)9-8(11)5-12-13(9)2/h5-7,10,14H,3-4H2,1-2H3. The zero-order valence-electron chi connectivity index (χ0n) is 8.44. The Morgan fingerprint density at radius 2 is 2.29 bits per heavy atom. The average molecular weight is 259 g/mol. The number of aryl methyl sites for hydroxylation is 1. The first kappa shape index (κ1) is 10.2. The summed E-state index contributed by atoms with van der Waals surface area (Å²) in [6, 6.07) is 0. The first-order valence-corrected chi connectivity index (χ1v) is 5.76. The summed E-state index contributed by atoms with van der Waals surface area (Å²) in [6.07, 6.45) is 3.85. The summed E-state index contributed by atoms with van der Waals surface area (Å²) in [5.74, 6) is 1.04. The molecule has 1 aliphatic rings. The van der Waals surface area contributed by atoms with Gasteiger partial charge in [-0.1, -0.05) is 6.92 Å². The van der Waals surface area contributed by atoms with E-state index in [9.17, 15) is 5.11 Å². The topological polar surface area (TPSA) is 38.1 Å². The lowest BCUT2D eigenvalue weighted by molar-refractivity contribution is 0.0970. The summed E-state index contributed by atoms with van der Waals surface area (Å²) < 4.78 is 2.65. The molecule has 1 aromatic heterocycles. The van der Waals surface area contributed by atoms with Crippen LogP contribution >= 0.6 is 15.9 Å². The van der Waals surface area contributed by atoms with Crippen LogP contribution in [0.5, 0.6) is 0 Å². The number of hydrogen-bond acceptors (Lipinski definition) is 2. The molecule has 78 valence electrons. The SMILES string of the molecule is CC(C1CC1)C(O)c1c(Br)cnn1C. The number of nitrogens with zero attached hydrogens (tertiary/aromatic N) is 2. The Balaban J connectivity index is 2.20. The summed E-state index contributed by atoms with van der Waals surface area (Å²) in [5, 5.41) is 14.3. The second kappa shape index (κ2) is 3.66. The van der Waals surface area contributed by atoms with E-state index in [2.05, 4.69) is 28.0 Å². The molecule has 2 rings (SSSR count). The third kappa shape index (κ3) is 1.73. The van der Waals surface area contributed by atoms with Gasteiger partial charge in [0, 0.05) is 7.05 Å². The van der Waals surface area contributed by atoms with Crippen LogP contribution in [0.1, 0.15) is 31.6 Å². The Labute approximate surface area is 92.2 Å². The number of rotatable bonds is 3. The normalized spacial score (nSPS) is 20.9. The number of halogens is 1. The maximum absolute atomic E-state index is 10.2. The van der Waals surface area contributed by atoms with Crippen molar-refractivity contribution in [3.63, 3.8) is 0 Å². The quantitative estimate of drug-likeness (QED) is 0.904. The van der Waals surface area contributed by atoms with Gasteiger partial charge in [0.25, 0.3) is 0 Å². The van der Waals surface area contributed by atoms with Gasteiger partial charge in [-0.25, -0.2) is 0 Å². The van der Waals surface area contributed by atoms with Crippen LogP contribution in [0.3, 0.4) is 0 Å². The minimum atomic E-state index is -0.399. The van der Waals surface area contributed by atoms with E-state index < -0.39 is 6.10 Å². The minimum absolute atomic E-state index is 0.335. The van der Waals surface area contributed by atoms with Crippen LogP contribution in [-0.4, -0.2) is 14.9 Å². The highest BCUT2D eigenvalue weighted by atomic mass is 79.9. The second-order valence-electron chi connectivity index (χ2n) is 4.14. The fourth-order valence-corrected chi connectivity index (χ4v) is 2.46. The summed E-state index contributed by atoms with van der Waals surface area (Å²) in [4.78, 5) is 0. The summed E-state index contributed by atoms with van der Waals surface area (Å²) in [5.41, 5.74) is 0.893. The smallest absolute Gasteiger partial charge is 0.0996 e. The van der Waals surface area contributed by atoms with Crippen LogP contribution in [0.25, 0.3) is 0 Å². The van der Waals surface area contributed by atoms with Crippen molar-refractivity contribution in [2.45, 2.75) is 25.9 Å². The van der Waals surface area contributed by atoms with E-state index in [0.717, 1.165) is 10.2 Å². The largest absolute Gasteiger partial charge is 0.386 e. The van der Waals surface area contributed by atoms with Crippen LogP contribution in [0.15, 0.2) is 10.7 Å². The zero-order chi connectivity index (χ0) is 10.3. The fraction of sp³-hybridized carbons (Fsp3) is 0.700. The molecule has 1 heterocycles. The highest BCUT2D eigenvalue weighted by molar-refractivity contribution is 9.10. The van der Waals surface area contributed by atoms with Crippen LogP contribution in [0.2, 0.25) is 0 Å². The monoisotopic (exact) mass is 258 g/mol. The van der Waals surface area contributed by atoms with Crippen molar-refractivity contribution in [2.75, 3.05) is 0 Å². The highest BCUT2D eigenvalue weighted by Crippen LogP contribution is 2.43. The van der Waals surface area contributed by atoms with Crippen LogP contribution in [-0.2, 0) is 7.05 Å². The Kier molecular flexibility index (Phi) is 2.66. The van der Waals surface area contributed by atoms with Crippen LogP contribution in [0.4, 0.5) is 0 Å². The molecule has 0 saturated heterocycles. The first-order valence-electron chi connectivity index (χ1n) is 4.96. The van der Waals surface area contributed by atoms with E-state index in [1.165, 1.54) is 12.8 Å². The minimum Gasteiger partial charge on any atom is -0.386 e. The first-order chi connectivity index (χ1) is 6.61. The number of aliphatic hydroxyl groups excluding tert-OH is 1. The Bertz CT molecular complexity index is 313. The van der Waals surface area contributed by atoms with E-state index in [0.29, 0.717) is 11.8 Å². The van der Waals surface area contributed by atoms with Gasteiger partial charge in [-0.3, -0.25) is 4.68 Å². The fourth-order valence-electron chi connectivity index (χ4n) is 1.88. The molecule has 0 spiro atoms. The molecule has 1 aromatic rings. The van der Waals surface area contributed by atoms with Crippen LogP contribution in [0, 0.1) is 11.8 Å². The molecule has 0 aliphatic heterocycles. The predicted molar refractivity (Wildman–Crippen MR) is 57.8 cm³/mol. The molecule has 14 heavy (non-hydrogen) atoms. The van der Waals surface area contributed by atoms with Crippen molar-refractivity contribution in [3.05, 3.63) is 16.4 Å². The van der Waals surface area contributed by atoms with Crippen molar-refractivity contribution < 1.29 is 5.11 Å². The van der Waals surface area contributed by atoms with E-state index in [-0.39, 0.29) is 0 Å². The predicted octanol–water partition coefficient (Wildman–Crippen LogP) is 2.26. The molecule has 1 aliphatic carbocycles. The van der Waals surface area contributed by atoms with Crippen molar-refractivity contribution in [3.8, 4) is 0 Å². The Morgan fingerprint density at radius 3 is 2.71 bits per heavy atom. The van der Waals surface area contributed by atoms with Gasteiger partial charge in [0.05, 0.1) is 22.5 Å². The summed E-state index contributed by atoms with van der Waals surface area (Å²) in [6.45, 7) is 2.11.